The molecule has 1 aliphatic rings. The van der Waals surface area contributed by atoms with Gasteiger partial charge in [-0.1, -0.05) is 49.0 Å². The molecule has 0 radical (unpaired) electrons. The molecule has 1 aliphatic carbocycles. The summed E-state index contributed by atoms with van der Waals surface area (Å²) in [6, 6.07) is 5.94. The molecule has 2 N–H and O–H groups in total. The van der Waals surface area contributed by atoms with Crippen LogP contribution >= 0.6 is 23.2 Å². The second-order valence-electron chi connectivity index (χ2n) is 5.81. The van der Waals surface area contributed by atoms with Gasteiger partial charge in [0.25, 0.3) is 0 Å². The van der Waals surface area contributed by atoms with Crippen LogP contribution < -0.4 is 5.73 Å². The quantitative estimate of drug-likeness (QED) is 0.857. The van der Waals surface area contributed by atoms with Crippen LogP contribution in [-0.4, -0.2) is 6.54 Å². The largest absolute Gasteiger partial charge is 0.330 e. The van der Waals surface area contributed by atoms with Crippen molar-refractivity contribution in [2.75, 3.05) is 6.54 Å². The van der Waals surface area contributed by atoms with Crippen molar-refractivity contribution in [3.63, 3.8) is 0 Å². The van der Waals surface area contributed by atoms with E-state index in [0.29, 0.717) is 10.0 Å². The molecule has 18 heavy (non-hydrogen) atoms. The minimum atomic E-state index is 0.268. The van der Waals surface area contributed by atoms with Crippen molar-refractivity contribution in [3.05, 3.63) is 33.8 Å². The molecule has 100 valence electrons. The lowest BCUT2D eigenvalue weighted by atomic mass is 9.68. The van der Waals surface area contributed by atoms with Gasteiger partial charge >= 0.3 is 0 Å². The van der Waals surface area contributed by atoms with E-state index >= 15 is 0 Å². The van der Waals surface area contributed by atoms with Gasteiger partial charge in [-0.15, -0.1) is 0 Å². The Bertz CT molecular complexity index is 409. The molecule has 0 aliphatic heterocycles. The summed E-state index contributed by atoms with van der Waals surface area (Å²) in [6.45, 7) is 3.10. The Kier molecular flexibility index (Phi) is 4.58. The zero-order valence-corrected chi connectivity index (χ0v) is 12.4. The van der Waals surface area contributed by atoms with E-state index in [-0.39, 0.29) is 5.41 Å². The van der Waals surface area contributed by atoms with Crippen molar-refractivity contribution in [1.82, 2.24) is 0 Å². The summed E-state index contributed by atoms with van der Waals surface area (Å²) in [5.74, 6) is 0.846. The Labute approximate surface area is 120 Å². The highest BCUT2D eigenvalue weighted by molar-refractivity contribution is 6.42. The van der Waals surface area contributed by atoms with Crippen LogP contribution in [0.15, 0.2) is 18.2 Å². The standard InChI is InChI=1S/C15H21Cl2N/c1-11-4-6-15(10-18,7-5-11)9-12-2-3-13(16)14(17)8-12/h2-3,8,11H,4-7,9-10,18H2,1H3. The minimum Gasteiger partial charge on any atom is -0.330 e. The van der Waals surface area contributed by atoms with Crippen LogP contribution in [-0.2, 0) is 6.42 Å². The fraction of sp³-hybridized carbons (Fsp3) is 0.600. The molecule has 3 heteroatoms. The van der Waals surface area contributed by atoms with Crippen LogP contribution in [0.5, 0.6) is 0 Å². The Morgan fingerprint density at radius 3 is 2.44 bits per heavy atom. The van der Waals surface area contributed by atoms with Crippen LogP contribution in [0, 0.1) is 11.3 Å². The number of benzene rings is 1. The molecule has 0 atom stereocenters. The fourth-order valence-electron chi connectivity index (χ4n) is 2.91. The Morgan fingerprint density at radius 1 is 1.22 bits per heavy atom. The maximum Gasteiger partial charge on any atom is 0.0595 e. The predicted octanol–water partition coefficient (Wildman–Crippen LogP) is 4.69. The average molecular weight is 286 g/mol. The third-order valence-corrected chi connectivity index (χ3v) is 5.07. The topological polar surface area (TPSA) is 26.0 Å². The van der Waals surface area contributed by atoms with Crippen molar-refractivity contribution in [3.8, 4) is 0 Å². The first-order valence-electron chi connectivity index (χ1n) is 6.69. The number of nitrogens with two attached hydrogens (primary N) is 1. The van der Waals surface area contributed by atoms with Crippen LogP contribution in [0.1, 0.15) is 38.2 Å². The van der Waals surface area contributed by atoms with Gasteiger partial charge < -0.3 is 5.73 Å². The summed E-state index contributed by atoms with van der Waals surface area (Å²) in [4.78, 5) is 0. The lowest BCUT2D eigenvalue weighted by Crippen LogP contribution is -2.36. The van der Waals surface area contributed by atoms with Gasteiger partial charge in [-0.25, -0.2) is 0 Å². The van der Waals surface area contributed by atoms with Gasteiger partial charge in [-0.2, -0.15) is 0 Å². The zero-order chi connectivity index (χ0) is 13.2. The number of hydrogen-bond donors (Lipinski definition) is 1. The van der Waals surface area contributed by atoms with Gasteiger partial charge in [0.05, 0.1) is 10.0 Å². The summed E-state index contributed by atoms with van der Waals surface area (Å²) in [5, 5.41) is 1.27. The monoisotopic (exact) mass is 285 g/mol. The molecule has 0 bridgehead atoms. The molecule has 0 amide bonds. The third-order valence-electron chi connectivity index (χ3n) is 4.33. The molecule has 1 fully saturated rings. The molecule has 1 aromatic carbocycles. The Balaban J connectivity index is 2.12. The molecular formula is C15H21Cl2N. The van der Waals surface area contributed by atoms with Gasteiger partial charge in [0.2, 0.25) is 0 Å². The molecular weight excluding hydrogens is 265 g/mol. The van der Waals surface area contributed by atoms with E-state index < -0.39 is 0 Å². The summed E-state index contributed by atoms with van der Waals surface area (Å²) < 4.78 is 0. The summed E-state index contributed by atoms with van der Waals surface area (Å²) in [6.07, 6.45) is 6.06. The van der Waals surface area contributed by atoms with Crippen molar-refractivity contribution >= 4 is 23.2 Å². The van der Waals surface area contributed by atoms with Crippen molar-refractivity contribution in [1.29, 1.82) is 0 Å². The maximum atomic E-state index is 6.08. The van der Waals surface area contributed by atoms with Crippen LogP contribution in [0.3, 0.4) is 0 Å². The van der Waals surface area contributed by atoms with E-state index in [1.165, 1.54) is 31.2 Å². The van der Waals surface area contributed by atoms with E-state index in [1.54, 1.807) is 0 Å². The van der Waals surface area contributed by atoms with Crippen molar-refractivity contribution in [2.24, 2.45) is 17.1 Å². The second-order valence-corrected chi connectivity index (χ2v) is 6.63. The SMILES string of the molecule is CC1CCC(CN)(Cc2ccc(Cl)c(Cl)c2)CC1. The van der Waals surface area contributed by atoms with Gasteiger partial charge in [0.1, 0.15) is 0 Å². The van der Waals surface area contributed by atoms with Crippen molar-refractivity contribution < 1.29 is 0 Å². The zero-order valence-electron chi connectivity index (χ0n) is 10.9. The Hall–Kier alpha value is -0.240. The molecule has 0 spiro atoms. The molecule has 1 aromatic rings. The summed E-state index contributed by atoms with van der Waals surface area (Å²) in [7, 11) is 0. The van der Waals surface area contributed by atoms with Gasteiger partial charge in [0.15, 0.2) is 0 Å². The average Bonchev–Trinajstić information content (AvgIpc) is 2.37. The molecule has 0 saturated heterocycles. The molecule has 0 unspecified atom stereocenters. The van der Waals surface area contributed by atoms with E-state index in [0.717, 1.165) is 18.9 Å². The van der Waals surface area contributed by atoms with Crippen molar-refractivity contribution in [2.45, 2.75) is 39.0 Å². The van der Waals surface area contributed by atoms with E-state index in [4.69, 9.17) is 28.9 Å². The first-order valence-corrected chi connectivity index (χ1v) is 7.44. The van der Waals surface area contributed by atoms with E-state index in [1.807, 2.05) is 12.1 Å². The van der Waals surface area contributed by atoms with Gasteiger partial charge in [0, 0.05) is 0 Å². The first kappa shape index (κ1) is 14.2. The number of halogens is 2. The van der Waals surface area contributed by atoms with E-state index in [9.17, 15) is 0 Å². The van der Waals surface area contributed by atoms with Gasteiger partial charge in [-0.3, -0.25) is 0 Å². The minimum absolute atomic E-state index is 0.268. The van der Waals surface area contributed by atoms with E-state index in [2.05, 4.69) is 13.0 Å². The molecule has 0 heterocycles. The molecule has 1 saturated carbocycles. The summed E-state index contributed by atoms with van der Waals surface area (Å²) >= 11 is 12.0. The molecule has 0 aromatic heterocycles. The lowest BCUT2D eigenvalue weighted by molar-refractivity contribution is 0.163. The highest BCUT2D eigenvalue weighted by Gasteiger charge is 2.33. The second kappa shape index (κ2) is 5.81. The Morgan fingerprint density at radius 2 is 1.89 bits per heavy atom. The fourth-order valence-corrected chi connectivity index (χ4v) is 3.23. The lowest BCUT2D eigenvalue weighted by Gasteiger charge is -2.39. The molecule has 2 rings (SSSR count). The number of rotatable bonds is 3. The highest BCUT2D eigenvalue weighted by atomic mass is 35.5. The van der Waals surface area contributed by atoms with Crippen LogP contribution in [0.25, 0.3) is 0 Å². The van der Waals surface area contributed by atoms with Crippen LogP contribution in [0.2, 0.25) is 10.0 Å². The smallest absolute Gasteiger partial charge is 0.0595 e. The normalized spacial score (nSPS) is 28.3. The first-order chi connectivity index (χ1) is 8.54. The summed E-state index contributed by atoms with van der Waals surface area (Å²) in [5.41, 5.74) is 7.56. The van der Waals surface area contributed by atoms with Crippen LogP contribution in [0.4, 0.5) is 0 Å². The third kappa shape index (κ3) is 3.20. The molecule has 1 nitrogen and oxygen atoms in total. The van der Waals surface area contributed by atoms with Gasteiger partial charge in [-0.05, 0) is 54.8 Å². The predicted molar refractivity (Wildman–Crippen MR) is 79.3 cm³/mol. The number of hydrogen-bond acceptors (Lipinski definition) is 1. The maximum absolute atomic E-state index is 6.08. The highest BCUT2D eigenvalue weighted by Crippen LogP contribution is 2.41.